The molecule has 1 aromatic carbocycles. The van der Waals surface area contributed by atoms with Gasteiger partial charge in [0.05, 0.1) is 41.3 Å². The van der Waals surface area contributed by atoms with Gasteiger partial charge in [-0.1, -0.05) is 52.0 Å². The van der Waals surface area contributed by atoms with E-state index in [2.05, 4.69) is 68.8 Å². The van der Waals surface area contributed by atoms with E-state index < -0.39 is 16.4 Å². The van der Waals surface area contributed by atoms with Crippen LogP contribution in [-0.2, 0) is 20.6 Å². The summed E-state index contributed by atoms with van der Waals surface area (Å²) < 4.78 is 20.6. The number of nitrogen functional groups attached to an aromatic ring is 1. The molecule has 0 bridgehead atoms. The Bertz CT molecular complexity index is 1430. The minimum Gasteiger partial charge on any atom is -0.414 e. The van der Waals surface area contributed by atoms with E-state index in [-0.39, 0.29) is 29.7 Å². The highest BCUT2D eigenvalue weighted by Crippen LogP contribution is 2.37. The third-order valence-corrected chi connectivity index (χ3v) is 15.0. The summed E-state index contributed by atoms with van der Waals surface area (Å²) in [6.07, 6.45) is 5.15. The number of rotatable bonds is 12. The lowest BCUT2D eigenvalue weighted by atomic mass is 10.0. The summed E-state index contributed by atoms with van der Waals surface area (Å²) in [4.78, 5) is 23.0. The van der Waals surface area contributed by atoms with Gasteiger partial charge in [-0.3, -0.25) is 4.79 Å². The van der Waals surface area contributed by atoms with Crippen molar-refractivity contribution < 1.29 is 18.7 Å². The van der Waals surface area contributed by atoms with Crippen LogP contribution in [0.5, 0.6) is 0 Å². The summed E-state index contributed by atoms with van der Waals surface area (Å²) >= 11 is 6.47. The number of halogens is 1. The molecule has 1 saturated heterocycles. The second-order valence-corrected chi connectivity index (χ2v) is 25.1. The number of nitrogens with one attached hydrogen (secondary N) is 1. The number of fused-ring (bicyclic) bond motifs is 1. The minimum absolute atomic E-state index is 0.0293. The van der Waals surface area contributed by atoms with Crippen molar-refractivity contribution in [2.24, 2.45) is 0 Å². The Morgan fingerprint density at radius 1 is 1.16 bits per heavy atom. The molecule has 9 nitrogen and oxygen atoms in total. The van der Waals surface area contributed by atoms with Crippen molar-refractivity contribution >= 4 is 56.3 Å². The molecule has 1 aliphatic heterocycles. The second-order valence-electron chi connectivity index (χ2n) is 14.3. The number of aromatic nitrogens is 3. The van der Waals surface area contributed by atoms with Gasteiger partial charge in [-0.25, -0.2) is 9.97 Å². The Balaban J connectivity index is 1.55. The highest BCUT2D eigenvalue weighted by Gasteiger charge is 2.38. The zero-order valence-corrected chi connectivity index (χ0v) is 29.7. The molecule has 3 aromatic rings. The fraction of sp³-hybridized carbons (Fsp3) is 0.581. The van der Waals surface area contributed by atoms with Gasteiger partial charge in [0, 0.05) is 32.1 Å². The fourth-order valence-corrected chi connectivity index (χ4v) is 6.73. The first-order chi connectivity index (χ1) is 20.1. The standard InChI is InChI=1S/C31H48ClN5O4Si2/c1-31(2,3)43(7,8)41-18-23-11-10-22(17-40-23)36-29-27-25(28(38)24-12-9-21(33)15-26(24)32)16-37(30(27)35-19-34-29)20-39-13-14-42(4,5)6/h9,12,15-16,19,22-23H,10-11,13-14,17-18,20,33H2,1-8H3,(H,34,35,36)/t22-,23+/m1/s1. The minimum atomic E-state index is -1.84. The molecule has 4 rings (SSSR count). The van der Waals surface area contributed by atoms with Crippen LogP contribution >= 0.6 is 11.6 Å². The Hall–Kier alpha value is -2.29. The molecule has 1 aliphatic rings. The molecule has 0 aliphatic carbocycles. The lowest BCUT2D eigenvalue weighted by Gasteiger charge is -2.38. The van der Waals surface area contributed by atoms with Gasteiger partial charge in [-0.05, 0) is 55.2 Å². The molecule has 2 atom stereocenters. The Labute approximate surface area is 263 Å². The number of carbonyl (C=O) groups is 1. The molecular formula is C31H48ClN5O4Si2. The molecule has 3 N–H and O–H groups in total. The van der Waals surface area contributed by atoms with Gasteiger partial charge in [-0.15, -0.1) is 0 Å². The number of nitrogens with zero attached hydrogens (tertiary/aromatic N) is 3. The molecular weight excluding hydrogens is 598 g/mol. The zero-order valence-electron chi connectivity index (χ0n) is 26.9. The maximum absolute atomic E-state index is 13.9. The van der Waals surface area contributed by atoms with Crippen LogP contribution in [-0.4, -0.2) is 68.7 Å². The van der Waals surface area contributed by atoms with Crippen molar-refractivity contribution in [3.63, 3.8) is 0 Å². The van der Waals surface area contributed by atoms with Crippen LogP contribution < -0.4 is 11.1 Å². The average molecular weight is 646 g/mol. The van der Waals surface area contributed by atoms with Crippen LogP contribution in [0, 0.1) is 0 Å². The topological polar surface area (TPSA) is 114 Å². The van der Waals surface area contributed by atoms with Crippen molar-refractivity contribution in [1.82, 2.24) is 14.5 Å². The smallest absolute Gasteiger partial charge is 0.196 e. The van der Waals surface area contributed by atoms with E-state index in [4.69, 9.17) is 31.2 Å². The zero-order chi connectivity index (χ0) is 31.6. The van der Waals surface area contributed by atoms with Crippen molar-refractivity contribution in [2.75, 3.05) is 30.9 Å². The molecule has 1 fully saturated rings. The predicted molar refractivity (Wildman–Crippen MR) is 180 cm³/mol. The van der Waals surface area contributed by atoms with Gasteiger partial charge >= 0.3 is 0 Å². The summed E-state index contributed by atoms with van der Waals surface area (Å²) in [7, 11) is -3.09. The van der Waals surface area contributed by atoms with Gasteiger partial charge in [0.25, 0.3) is 0 Å². The van der Waals surface area contributed by atoms with E-state index in [0.29, 0.717) is 58.5 Å². The Morgan fingerprint density at radius 3 is 2.53 bits per heavy atom. The van der Waals surface area contributed by atoms with E-state index in [1.54, 1.807) is 24.4 Å². The van der Waals surface area contributed by atoms with Crippen LogP contribution in [0.25, 0.3) is 11.0 Å². The SMILES string of the molecule is CC(C)(C)[Si](C)(C)OC[C@@H]1CC[C@@H](Nc2ncnc3c2c(C(=O)c2ccc(N)cc2Cl)cn3COCC[Si](C)(C)C)CO1. The highest BCUT2D eigenvalue weighted by atomic mass is 35.5. The number of ketones is 1. The molecule has 0 saturated carbocycles. The first-order valence-electron chi connectivity index (χ1n) is 15.1. The maximum atomic E-state index is 13.9. The third kappa shape index (κ3) is 8.46. The van der Waals surface area contributed by atoms with E-state index in [1.807, 2.05) is 4.57 Å². The molecule has 43 heavy (non-hydrogen) atoms. The summed E-state index contributed by atoms with van der Waals surface area (Å²) in [5.74, 6) is 0.363. The lowest BCUT2D eigenvalue weighted by molar-refractivity contribution is -0.0193. The monoisotopic (exact) mass is 645 g/mol. The van der Waals surface area contributed by atoms with Crippen LogP contribution in [0.2, 0.25) is 48.8 Å². The third-order valence-electron chi connectivity index (χ3n) is 8.51. The molecule has 2 aromatic heterocycles. The van der Waals surface area contributed by atoms with Crippen LogP contribution in [0.3, 0.4) is 0 Å². The molecule has 0 unspecified atom stereocenters. The first-order valence-corrected chi connectivity index (χ1v) is 22.1. The van der Waals surface area contributed by atoms with Crippen LogP contribution in [0.1, 0.15) is 49.5 Å². The molecule has 12 heteroatoms. The maximum Gasteiger partial charge on any atom is 0.196 e. The van der Waals surface area contributed by atoms with Gasteiger partial charge in [0.2, 0.25) is 0 Å². The number of hydrogen-bond acceptors (Lipinski definition) is 8. The molecule has 3 heterocycles. The normalized spacial score (nSPS) is 18.3. The largest absolute Gasteiger partial charge is 0.414 e. The predicted octanol–water partition coefficient (Wildman–Crippen LogP) is 7.19. The van der Waals surface area contributed by atoms with Gasteiger partial charge in [0.15, 0.2) is 14.1 Å². The number of benzene rings is 1. The summed E-state index contributed by atoms with van der Waals surface area (Å²) in [6, 6.07) is 6.00. The summed E-state index contributed by atoms with van der Waals surface area (Å²) in [5, 5.41) is 4.65. The van der Waals surface area contributed by atoms with Gasteiger partial charge < -0.3 is 29.5 Å². The van der Waals surface area contributed by atoms with Crippen LogP contribution in [0.4, 0.5) is 11.5 Å². The second kappa shape index (κ2) is 13.4. The van der Waals surface area contributed by atoms with Gasteiger partial charge in [-0.2, -0.15) is 0 Å². The Morgan fingerprint density at radius 2 is 1.91 bits per heavy atom. The summed E-state index contributed by atoms with van der Waals surface area (Å²) in [5.41, 5.74) is 7.84. The summed E-state index contributed by atoms with van der Waals surface area (Å²) in [6.45, 7) is 20.3. The molecule has 236 valence electrons. The molecule has 0 radical (unpaired) electrons. The molecule has 0 spiro atoms. The lowest BCUT2D eigenvalue weighted by Crippen LogP contribution is -2.44. The quantitative estimate of drug-likeness (QED) is 0.0921. The number of nitrogens with two attached hydrogens (primary N) is 1. The fourth-order valence-electron chi connectivity index (χ4n) is 4.67. The number of ether oxygens (including phenoxy) is 2. The van der Waals surface area contributed by atoms with Crippen LogP contribution in [0.15, 0.2) is 30.7 Å². The van der Waals surface area contributed by atoms with Crippen molar-refractivity contribution in [3.8, 4) is 0 Å². The first kappa shape index (κ1) is 33.6. The van der Waals surface area contributed by atoms with E-state index in [1.165, 1.54) is 6.33 Å². The van der Waals surface area contributed by atoms with E-state index >= 15 is 0 Å². The average Bonchev–Trinajstić information content (AvgIpc) is 3.29. The number of hydrogen-bond donors (Lipinski definition) is 2. The molecule has 0 amide bonds. The van der Waals surface area contributed by atoms with Crippen molar-refractivity contribution in [2.45, 2.75) is 96.3 Å². The van der Waals surface area contributed by atoms with E-state index in [0.717, 1.165) is 18.9 Å². The number of anilines is 2. The highest BCUT2D eigenvalue weighted by molar-refractivity contribution is 6.76. The van der Waals surface area contributed by atoms with Crippen molar-refractivity contribution in [1.29, 1.82) is 0 Å². The van der Waals surface area contributed by atoms with Gasteiger partial charge in [0.1, 0.15) is 24.5 Å². The Kier molecular flexibility index (Phi) is 10.5. The van der Waals surface area contributed by atoms with E-state index in [9.17, 15) is 4.79 Å². The van der Waals surface area contributed by atoms with Crippen molar-refractivity contribution in [3.05, 3.63) is 46.9 Å². The number of carbonyl (C=O) groups excluding carboxylic acids is 1.